The van der Waals surface area contributed by atoms with E-state index < -0.39 is 0 Å². The van der Waals surface area contributed by atoms with E-state index in [0.717, 1.165) is 48.1 Å². The third-order valence-electron chi connectivity index (χ3n) is 4.63. The van der Waals surface area contributed by atoms with Crippen LogP contribution in [0.3, 0.4) is 0 Å². The van der Waals surface area contributed by atoms with Crippen LogP contribution >= 0.6 is 0 Å². The molecule has 1 fully saturated rings. The summed E-state index contributed by atoms with van der Waals surface area (Å²) in [6.45, 7) is 2.82. The van der Waals surface area contributed by atoms with E-state index in [4.69, 9.17) is 0 Å². The number of nitrogens with one attached hydrogen (secondary N) is 2. The monoisotopic (exact) mass is 309 g/mol. The lowest BCUT2D eigenvalue weighted by Crippen LogP contribution is -2.39. The Hall–Kier alpha value is -2.63. The van der Waals surface area contributed by atoms with Crippen LogP contribution in [0.25, 0.3) is 11.0 Å². The Balaban J connectivity index is 1.68. The third-order valence-corrected chi connectivity index (χ3v) is 4.63. The van der Waals surface area contributed by atoms with Gasteiger partial charge in [-0.15, -0.1) is 0 Å². The molecular formula is C17H19N5O. The minimum Gasteiger partial charge on any atom is -0.345 e. The van der Waals surface area contributed by atoms with Crippen molar-refractivity contribution in [3.05, 3.63) is 47.5 Å². The largest absolute Gasteiger partial charge is 0.345 e. The van der Waals surface area contributed by atoms with E-state index in [9.17, 15) is 4.79 Å². The third kappa shape index (κ3) is 2.40. The number of imidazole rings is 1. The summed E-state index contributed by atoms with van der Waals surface area (Å²) in [6, 6.07) is 5.71. The summed E-state index contributed by atoms with van der Waals surface area (Å²) in [4.78, 5) is 22.3. The first-order valence-corrected chi connectivity index (χ1v) is 7.98. The molecule has 0 radical (unpaired) electrons. The average Bonchev–Trinajstić information content (AvgIpc) is 3.22. The Morgan fingerprint density at radius 1 is 1.35 bits per heavy atom. The van der Waals surface area contributed by atoms with Crippen molar-refractivity contribution >= 4 is 16.9 Å². The molecule has 2 N–H and O–H groups in total. The van der Waals surface area contributed by atoms with Crippen LogP contribution in [0.15, 0.2) is 30.7 Å². The molecule has 0 spiro atoms. The number of nitrogens with zero attached hydrogens (tertiary/aromatic N) is 3. The summed E-state index contributed by atoms with van der Waals surface area (Å²) < 4.78 is 0. The number of hydrogen-bond donors (Lipinski definition) is 2. The van der Waals surface area contributed by atoms with Gasteiger partial charge < -0.3 is 9.88 Å². The predicted octanol–water partition coefficient (Wildman–Crippen LogP) is 2.96. The van der Waals surface area contributed by atoms with Crippen LogP contribution in [-0.4, -0.2) is 37.5 Å². The van der Waals surface area contributed by atoms with Gasteiger partial charge in [0, 0.05) is 12.1 Å². The van der Waals surface area contributed by atoms with Gasteiger partial charge >= 0.3 is 0 Å². The second kappa shape index (κ2) is 5.53. The maximum Gasteiger partial charge on any atom is 0.254 e. The van der Waals surface area contributed by atoms with E-state index in [0.29, 0.717) is 5.56 Å². The molecule has 4 rings (SSSR count). The molecule has 0 bridgehead atoms. The highest BCUT2D eigenvalue weighted by Gasteiger charge is 2.30. The molecule has 1 aromatic carbocycles. The van der Waals surface area contributed by atoms with Crippen molar-refractivity contribution in [2.24, 2.45) is 0 Å². The highest BCUT2D eigenvalue weighted by Crippen LogP contribution is 2.32. The van der Waals surface area contributed by atoms with E-state index in [1.54, 1.807) is 6.33 Å². The summed E-state index contributed by atoms with van der Waals surface area (Å²) in [5, 5.41) is 7.20. The van der Waals surface area contributed by atoms with Crippen LogP contribution in [0.1, 0.15) is 46.9 Å². The van der Waals surface area contributed by atoms with Crippen molar-refractivity contribution in [3.63, 3.8) is 0 Å². The summed E-state index contributed by atoms with van der Waals surface area (Å²) in [7, 11) is 0. The number of piperidine rings is 1. The van der Waals surface area contributed by atoms with Crippen molar-refractivity contribution in [2.75, 3.05) is 6.54 Å². The maximum absolute atomic E-state index is 13.0. The van der Waals surface area contributed by atoms with Crippen LogP contribution in [-0.2, 0) is 0 Å². The first-order valence-electron chi connectivity index (χ1n) is 7.98. The lowest BCUT2D eigenvalue weighted by atomic mass is 9.96. The van der Waals surface area contributed by atoms with Crippen LogP contribution in [0.5, 0.6) is 0 Å². The number of rotatable bonds is 2. The van der Waals surface area contributed by atoms with Crippen LogP contribution in [0, 0.1) is 6.92 Å². The number of aromatic amines is 2. The molecule has 1 saturated heterocycles. The molecule has 1 aliphatic heterocycles. The molecule has 6 nitrogen and oxygen atoms in total. The topological polar surface area (TPSA) is 77.7 Å². The minimum absolute atomic E-state index is 0.0696. The quantitative estimate of drug-likeness (QED) is 0.764. The first-order chi connectivity index (χ1) is 11.2. The van der Waals surface area contributed by atoms with E-state index in [-0.39, 0.29) is 11.9 Å². The molecule has 0 unspecified atom stereocenters. The number of H-pyrrole nitrogens is 2. The Kier molecular flexibility index (Phi) is 3.37. The Bertz CT molecular complexity index is 849. The fourth-order valence-electron chi connectivity index (χ4n) is 3.40. The number of fused-ring (bicyclic) bond motifs is 1. The summed E-state index contributed by atoms with van der Waals surface area (Å²) >= 11 is 0. The van der Waals surface area contributed by atoms with Gasteiger partial charge in [-0.25, -0.2) is 4.98 Å². The zero-order valence-electron chi connectivity index (χ0n) is 13.0. The van der Waals surface area contributed by atoms with E-state index in [2.05, 4.69) is 20.2 Å². The molecule has 1 aliphatic rings. The van der Waals surface area contributed by atoms with Gasteiger partial charge in [-0.3, -0.25) is 9.89 Å². The fraction of sp³-hybridized carbons (Fsp3) is 0.353. The lowest BCUT2D eigenvalue weighted by molar-refractivity contribution is 0.0605. The van der Waals surface area contributed by atoms with Crippen LogP contribution in [0.2, 0.25) is 0 Å². The molecule has 23 heavy (non-hydrogen) atoms. The van der Waals surface area contributed by atoms with E-state index in [1.807, 2.05) is 36.2 Å². The molecule has 0 aliphatic carbocycles. The van der Waals surface area contributed by atoms with Gasteiger partial charge in [0.1, 0.15) is 0 Å². The Morgan fingerprint density at radius 2 is 2.26 bits per heavy atom. The number of aromatic nitrogens is 4. The van der Waals surface area contributed by atoms with Gasteiger partial charge in [0.25, 0.3) is 5.91 Å². The Morgan fingerprint density at radius 3 is 3.09 bits per heavy atom. The SMILES string of the molecule is Cc1cn[nH]c1[C@H]1CCCCN1C(=O)c1ccc2nc[nH]c2c1. The van der Waals surface area contributed by atoms with Crippen molar-refractivity contribution in [3.8, 4) is 0 Å². The normalized spacial score (nSPS) is 18.5. The van der Waals surface area contributed by atoms with E-state index in [1.165, 1.54) is 0 Å². The molecule has 1 atom stereocenters. The highest BCUT2D eigenvalue weighted by molar-refractivity contribution is 5.97. The molecule has 118 valence electrons. The van der Waals surface area contributed by atoms with Crippen LogP contribution in [0.4, 0.5) is 0 Å². The summed E-state index contributed by atoms with van der Waals surface area (Å²) in [5.74, 6) is 0.0696. The number of benzene rings is 1. The summed E-state index contributed by atoms with van der Waals surface area (Å²) in [6.07, 6.45) is 6.62. The smallest absolute Gasteiger partial charge is 0.254 e. The standard InChI is InChI=1S/C17H19N5O/c1-11-9-20-21-16(11)15-4-2-3-7-22(15)17(23)12-5-6-13-14(8-12)19-10-18-13/h5-6,8-10,15H,2-4,7H2,1H3,(H,18,19)(H,20,21)/t15-/m1/s1. The molecule has 2 aromatic heterocycles. The minimum atomic E-state index is 0.0696. The van der Waals surface area contributed by atoms with Crippen LogP contribution < -0.4 is 0 Å². The van der Waals surface area contributed by atoms with E-state index >= 15 is 0 Å². The number of carbonyl (C=O) groups is 1. The molecule has 0 saturated carbocycles. The van der Waals surface area contributed by atoms with Gasteiger partial charge in [0.05, 0.1) is 35.3 Å². The molecule has 3 aromatic rings. The summed E-state index contributed by atoms with van der Waals surface area (Å²) in [5.41, 5.74) is 4.63. The average molecular weight is 309 g/mol. The molecular weight excluding hydrogens is 290 g/mol. The van der Waals surface area contributed by atoms with Gasteiger partial charge in [0.15, 0.2) is 0 Å². The van der Waals surface area contributed by atoms with Gasteiger partial charge in [0.2, 0.25) is 0 Å². The maximum atomic E-state index is 13.0. The van der Waals surface area contributed by atoms with Gasteiger partial charge in [-0.1, -0.05) is 0 Å². The van der Waals surface area contributed by atoms with Crippen molar-refractivity contribution in [1.29, 1.82) is 0 Å². The molecule has 1 amide bonds. The number of amides is 1. The Labute approximate surface area is 133 Å². The zero-order chi connectivity index (χ0) is 15.8. The van der Waals surface area contributed by atoms with Gasteiger partial charge in [-0.05, 0) is 49.9 Å². The van der Waals surface area contributed by atoms with Crippen molar-refractivity contribution < 1.29 is 4.79 Å². The molecule has 3 heterocycles. The van der Waals surface area contributed by atoms with Crippen molar-refractivity contribution in [1.82, 2.24) is 25.1 Å². The number of hydrogen-bond acceptors (Lipinski definition) is 3. The number of aryl methyl sites for hydroxylation is 1. The second-order valence-corrected chi connectivity index (χ2v) is 6.11. The molecule has 6 heteroatoms. The second-order valence-electron chi connectivity index (χ2n) is 6.11. The number of likely N-dealkylation sites (tertiary alicyclic amines) is 1. The fourth-order valence-corrected chi connectivity index (χ4v) is 3.40. The predicted molar refractivity (Wildman–Crippen MR) is 87.0 cm³/mol. The number of carbonyl (C=O) groups excluding carboxylic acids is 1. The van der Waals surface area contributed by atoms with Crippen molar-refractivity contribution in [2.45, 2.75) is 32.2 Å². The lowest BCUT2D eigenvalue weighted by Gasteiger charge is -2.35. The first kappa shape index (κ1) is 14.0. The highest BCUT2D eigenvalue weighted by atomic mass is 16.2. The zero-order valence-corrected chi connectivity index (χ0v) is 13.0. The van der Waals surface area contributed by atoms with Gasteiger partial charge in [-0.2, -0.15) is 5.10 Å².